The van der Waals surface area contributed by atoms with Gasteiger partial charge in [-0.1, -0.05) is 138 Å². The van der Waals surface area contributed by atoms with E-state index in [0.717, 1.165) is 137 Å². The number of hydrogen-bond acceptors (Lipinski definition) is 22. The van der Waals surface area contributed by atoms with Gasteiger partial charge in [0.2, 0.25) is 16.6 Å². The summed E-state index contributed by atoms with van der Waals surface area (Å²) < 4.78 is 39.1. The fourth-order valence-corrected chi connectivity index (χ4v) is 21.0. The van der Waals surface area contributed by atoms with E-state index in [1.165, 1.54) is 75.9 Å². The van der Waals surface area contributed by atoms with Crippen LogP contribution in [0.25, 0.3) is 11.5 Å². The van der Waals surface area contributed by atoms with Crippen LogP contribution in [0.5, 0.6) is 0 Å². The number of methoxy groups -OCH3 is 2. The Kier molecular flexibility index (Phi) is 34.8. The first-order valence-electron chi connectivity index (χ1n) is 42.3. The number of anilines is 3. The zero-order chi connectivity index (χ0) is 91.4. The van der Waals surface area contributed by atoms with E-state index in [1.54, 1.807) is 39.0 Å². The van der Waals surface area contributed by atoms with Gasteiger partial charge in [0.1, 0.15) is 65.7 Å². The molecule has 7 aromatic rings. The highest BCUT2D eigenvalue weighted by Gasteiger charge is 2.50. The number of hydrogen-bond donors (Lipinski definition) is 2. The zero-order valence-electron chi connectivity index (χ0n) is 76.2. The number of aromatic nitrogens is 8. The number of halogens is 6. The van der Waals surface area contributed by atoms with Crippen molar-refractivity contribution < 1.29 is 56.2 Å². The molecule has 0 saturated heterocycles. The number of allylic oxidation sites excluding steroid dienone is 2. The van der Waals surface area contributed by atoms with Crippen LogP contribution in [0.4, 0.5) is 17.5 Å². The molecular formula is C92H124BrCl5N10O12Si3. The number of pyridine rings is 6. The first kappa shape index (κ1) is 101. The number of carbonyl (C=O) groups is 5. The molecule has 7 heterocycles. The summed E-state index contributed by atoms with van der Waals surface area (Å²) in [7, 11) is -2.46. The molecule has 3 N–H and O–H groups in total. The average Bonchev–Trinajstić information content (AvgIpc) is 1.56. The molecule has 31 heteroatoms. The Morgan fingerprint density at radius 3 is 1.60 bits per heavy atom. The third kappa shape index (κ3) is 25.9. The number of rotatable bonds is 16. The molecular weight excluding hydrogens is 1780 g/mol. The molecule has 0 aliphatic heterocycles. The molecule has 3 fully saturated rings. The third-order valence-electron chi connectivity index (χ3n) is 23.8. The summed E-state index contributed by atoms with van der Waals surface area (Å²) in [6.45, 7) is 47.7. The number of aryl methyl sites for hydroxylation is 8. The fourth-order valence-electron chi connectivity index (χ4n) is 15.5. The zero-order valence-corrected chi connectivity index (χ0v) is 84.5. The molecule has 7 aliphatic rings. The minimum absolute atomic E-state index is 0.0426. The van der Waals surface area contributed by atoms with Crippen molar-refractivity contribution >= 4 is 157 Å². The number of fused-ring (bicyclic) bond motifs is 6. The molecule has 0 amide bonds. The largest absolute Gasteiger partial charge is 0.543 e. The van der Waals surface area contributed by atoms with Crippen LogP contribution in [0.15, 0.2) is 59.5 Å². The normalized spacial score (nSPS) is 16.0. The molecule has 22 nitrogen and oxygen atoms in total. The van der Waals surface area contributed by atoms with Gasteiger partial charge in [0.15, 0.2) is 25.7 Å². The summed E-state index contributed by atoms with van der Waals surface area (Å²) in [6.07, 6.45) is 23.2. The molecule has 0 atom stereocenters. The van der Waals surface area contributed by atoms with Gasteiger partial charge in [-0.05, 0) is 248 Å². The summed E-state index contributed by atoms with van der Waals surface area (Å²) in [5.74, 6) is 2.95. The third-order valence-corrected chi connectivity index (χ3v) is 35.0. The summed E-state index contributed by atoms with van der Waals surface area (Å²) in [5, 5.41) is 5.94. The first-order chi connectivity index (χ1) is 57.4. The van der Waals surface area contributed by atoms with Crippen LogP contribution in [-0.4, -0.2) is 128 Å². The van der Waals surface area contributed by atoms with Crippen LogP contribution < -0.4 is 11.1 Å². The number of nitrogen functional groups attached to an aromatic ring is 1. The molecule has 7 aliphatic carbocycles. The van der Waals surface area contributed by atoms with Crippen molar-refractivity contribution in [1.82, 2.24) is 39.9 Å². The molecule has 0 unspecified atom stereocenters. The molecule has 14 rings (SSSR count). The van der Waals surface area contributed by atoms with E-state index in [9.17, 15) is 24.0 Å². The van der Waals surface area contributed by atoms with Crippen molar-refractivity contribution in [3.8, 4) is 0 Å². The monoisotopic (exact) mass is 1900 g/mol. The topological polar surface area (TPSA) is 291 Å². The van der Waals surface area contributed by atoms with Crippen molar-refractivity contribution in [2.45, 2.75) is 292 Å². The number of nitrogens with two attached hydrogens (primary N) is 1. The maximum atomic E-state index is 12.6. The summed E-state index contributed by atoms with van der Waals surface area (Å²) in [6, 6.07) is 10.7. The van der Waals surface area contributed by atoms with E-state index in [1.807, 2.05) is 45.9 Å². The van der Waals surface area contributed by atoms with Crippen molar-refractivity contribution in [3.63, 3.8) is 0 Å². The second-order valence-electron chi connectivity index (χ2n) is 36.5. The predicted octanol–water partition coefficient (Wildman–Crippen LogP) is 24.6. The van der Waals surface area contributed by atoms with Crippen molar-refractivity contribution in [3.05, 3.63) is 186 Å². The van der Waals surface area contributed by atoms with Crippen LogP contribution in [0, 0.1) is 48.5 Å². The molecule has 668 valence electrons. The Balaban J connectivity index is 0.000000182. The SMILES string of the molecule is CCOC(=O)CCc1nc(Cl)cc(C)c1C(=O)OC.CCOC1(O[Si](C)(C)C)CC1.COC(=O)c1c(C)cc(Cl)nc1Br.Cc1cc(Cl)nc2c1C(=O)CC2.Cc1cc(Cl)nc2c1C(O[Si](C)(C)C(C)(C)C)=CC2.Cc1cc(Cl)nc2c1C(O[Si](C)(C)C(C)(C)C)=CC21CCCCC1.Cc1cc(Nc2ncnc(N)c2C)nc2c1C(=O)CC21CCCCC1. The van der Waals surface area contributed by atoms with E-state index in [4.69, 9.17) is 101 Å². The summed E-state index contributed by atoms with van der Waals surface area (Å²) in [5.41, 5.74) is 21.6. The van der Waals surface area contributed by atoms with Gasteiger partial charge >= 0.3 is 17.9 Å². The van der Waals surface area contributed by atoms with Crippen LogP contribution in [0.2, 0.25) is 81.7 Å². The molecule has 0 radical (unpaired) electrons. The van der Waals surface area contributed by atoms with Gasteiger partial charge in [0.05, 0.1) is 66.8 Å². The lowest BCUT2D eigenvalue weighted by molar-refractivity contribution is -0.143. The fraction of sp³-hybridized carbons (Fsp3) is 0.533. The van der Waals surface area contributed by atoms with Crippen molar-refractivity contribution in [2.24, 2.45) is 0 Å². The van der Waals surface area contributed by atoms with Gasteiger partial charge in [-0.25, -0.2) is 49.5 Å². The number of nitrogens with zero attached hydrogens (tertiary/aromatic N) is 8. The number of ether oxygens (including phenoxy) is 4. The maximum absolute atomic E-state index is 12.6. The number of nitrogens with one attached hydrogen (secondary N) is 1. The van der Waals surface area contributed by atoms with Crippen molar-refractivity contribution in [1.29, 1.82) is 0 Å². The lowest BCUT2D eigenvalue weighted by atomic mass is 9.72. The van der Waals surface area contributed by atoms with E-state index in [2.05, 4.69) is 169 Å². The summed E-state index contributed by atoms with van der Waals surface area (Å²) >= 11 is 32.8. The predicted molar refractivity (Wildman–Crippen MR) is 504 cm³/mol. The van der Waals surface area contributed by atoms with Crippen LogP contribution in [-0.2, 0) is 67.1 Å². The highest BCUT2D eigenvalue weighted by atomic mass is 79.9. The molecule has 0 aromatic carbocycles. The van der Waals surface area contributed by atoms with Crippen LogP contribution >= 0.6 is 73.9 Å². The smallest absolute Gasteiger partial charge is 0.340 e. The van der Waals surface area contributed by atoms with Crippen LogP contribution in [0.3, 0.4) is 0 Å². The quantitative estimate of drug-likeness (QED) is 0.0299. The lowest BCUT2D eigenvalue weighted by Gasteiger charge is -2.37. The average molecular weight is 1900 g/mol. The minimum Gasteiger partial charge on any atom is -0.543 e. The maximum Gasteiger partial charge on any atom is 0.340 e. The highest BCUT2D eigenvalue weighted by molar-refractivity contribution is 9.10. The van der Waals surface area contributed by atoms with Gasteiger partial charge in [-0.15, -0.1) is 0 Å². The number of carbonyl (C=O) groups excluding carboxylic acids is 5. The van der Waals surface area contributed by atoms with Gasteiger partial charge in [-0.3, -0.25) is 14.4 Å². The van der Waals surface area contributed by atoms with Crippen molar-refractivity contribution in [2.75, 3.05) is 38.5 Å². The standard InChI is InChI=1S/C20H30ClNOSi.C19H23N5O.C15H22ClNOSi.C13H16ClNO4.C9H8ClNO.C8H7BrClNO2.C8H18O2Si/c1-14-12-16(21)22-18-17(14)15(23-24(5,6)19(2,3)4)13-20(18)10-8-7-9-11-20;1-11-8-14(24-18-12(2)17(20)21-10-22-18)23-16-15(11)13(25)9-19(16)6-4-3-5-7-19;1-10-9-13(16)17-11-7-8-12(14(10)11)18-19(5,6)15(2,3)4;1-4-19-11(16)6-5-9-12(13(17)18-3)8(2)7-10(14)15-9;1-5-4-8(10)11-6-2-3-7(12)9(5)6;1-4-3-5(10)11-7(9)6(4)8(12)13-2;1-5-9-8(6-7-8)10-11(2,3)4/h12-13H,7-11H2,1-6H3;8,10H,3-7,9H2,1-2H3,(H3,20,21,22,23,24);8-9H,7H2,1-6H3;7H,4-6H2,1-3H3;4H,2-3H2,1H3;3H,1-2H3;5-7H2,1-4H3. The van der Waals surface area contributed by atoms with Gasteiger partial charge in [-0.2, -0.15) is 0 Å². The minimum atomic E-state index is -1.88. The highest BCUT2D eigenvalue weighted by Crippen LogP contribution is 2.54. The summed E-state index contributed by atoms with van der Waals surface area (Å²) in [4.78, 5) is 92.6. The molecule has 3 saturated carbocycles. The number of esters is 3. The molecule has 2 spiro atoms. The molecule has 0 bridgehead atoms. The Morgan fingerprint density at radius 1 is 0.553 bits per heavy atom. The van der Waals surface area contributed by atoms with Crippen LogP contribution in [0.1, 0.15) is 272 Å². The van der Waals surface area contributed by atoms with E-state index >= 15 is 0 Å². The number of ketones is 2. The Labute approximate surface area is 764 Å². The first-order valence-corrected chi connectivity index (χ1v) is 54.2. The van der Waals surface area contributed by atoms with Gasteiger partial charge < -0.3 is 43.3 Å². The Hall–Kier alpha value is -7.09. The van der Waals surface area contributed by atoms with E-state index in [-0.39, 0.29) is 62.2 Å². The second-order valence-corrected chi connectivity index (χ2v) is 53.1. The van der Waals surface area contributed by atoms with Gasteiger partial charge in [0, 0.05) is 83.8 Å². The Morgan fingerprint density at radius 2 is 1.06 bits per heavy atom. The van der Waals surface area contributed by atoms with Gasteiger partial charge in [0.25, 0.3) is 0 Å². The van der Waals surface area contributed by atoms with E-state index < -0.39 is 36.9 Å². The Bertz CT molecular complexity index is 5110. The lowest BCUT2D eigenvalue weighted by Crippen LogP contribution is -2.40. The molecule has 123 heavy (non-hydrogen) atoms. The molecule has 7 aromatic heterocycles. The number of Topliss-reactive ketones (excluding diaryl/α,β-unsaturated/α-hetero) is 2. The van der Waals surface area contributed by atoms with E-state index in [0.29, 0.717) is 78.7 Å². The second kappa shape index (κ2) is 42.2.